The number of Topliss-reactive ketones (excluding diaryl/α,β-unsaturated/α-hetero) is 1. The van der Waals surface area contributed by atoms with Gasteiger partial charge in [-0.05, 0) is 22.3 Å². The molecular weight excluding hydrogens is 504 g/mol. The van der Waals surface area contributed by atoms with Gasteiger partial charge in [-0.2, -0.15) is 0 Å². The van der Waals surface area contributed by atoms with Crippen LogP contribution in [0.3, 0.4) is 0 Å². The molecule has 40 heavy (non-hydrogen) atoms. The van der Waals surface area contributed by atoms with Gasteiger partial charge in [-0.25, -0.2) is 0 Å². The third-order valence-corrected chi connectivity index (χ3v) is 7.46. The lowest BCUT2D eigenvalue weighted by molar-refractivity contribution is -0.223. The number of carbonyl (C=O) groups is 1. The second-order valence-corrected chi connectivity index (χ2v) is 10.4. The highest BCUT2D eigenvalue weighted by Crippen LogP contribution is 2.37. The summed E-state index contributed by atoms with van der Waals surface area (Å²) in [6, 6.07) is 35.1. The van der Waals surface area contributed by atoms with Crippen LogP contribution in [0.5, 0.6) is 0 Å². The van der Waals surface area contributed by atoms with E-state index in [1.54, 1.807) is 109 Å². The number of rotatable bonds is 13. The molecule has 0 spiro atoms. The first-order valence-electron chi connectivity index (χ1n) is 13.4. The second kappa shape index (κ2) is 13.1. The van der Waals surface area contributed by atoms with Crippen LogP contribution in [-0.4, -0.2) is 60.8 Å². The maximum atomic E-state index is 14.0. The van der Waals surface area contributed by atoms with Gasteiger partial charge in [0.05, 0.1) is 6.10 Å². The summed E-state index contributed by atoms with van der Waals surface area (Å²) < 4.78 is 0. The number of aliphatic hydroxyl groups excluding tert-OH is 3. The third-order valence-electron chi connectivity index (χ3n) is 7.46. The average molecular weight is 541 g/mol. The zero-order chi connectivity index (χ0) is 28.6. The van der Waals surface area contributed by atoms with Gasteiger partial charge in [-0.3, -0.25) is 4.79 Å². The molecule has 5 atom stereocenters. The van der Waals surface area contributed by atoms with Crippen molar-refractivity contribution in [2.24, 2.45) is 0 Å². The number of ketones is 1. The van der Waals surface area contributed by atoms with E-state index >= 15 is 0 Å². The van der Waals surface area contributed by atoms with E-state index in [1.807, 2.05) is 12.1 Å². The number of hydrogen-bond acceptors (Lipinski definition) is 6. The molecule has 0 aliphatic rings. The number of benzene rings is 4. The van der Waals surface area contributed by atoms with Crippen LogP contribution in [0.2, 0.25) is 0 Å². The topological polar surface area (TPSA) is 118 Å². The molecule has 0 aromatic heterocycles. The van der Waals surface area contributed by atoms with Gasteiger partial charge < -0.3 is 25.5 Å². The summed E-state index contributed by atoms with van der Waals surface area (Å²) >= 11 is 0. The maximum Gasteiger partial charge on any atom is 0.196 e. The second-order valence-electron chi connectivity index (χ2n) is 10.4. The molecule has 0 fully saturated rings. The summed E-state index contributed by atoms with van der Waals surface area (Å²) in [6.45, 7) is 0. The van der Waals surface area contributed by atoms with Crippen LogP contribution in [0, 0.1) is 0 Å². The molecule has 208 valence electrons. The fraction of sp³-hybridized carbons (Fsp3) is 0.265. The Balaban J connectivity index is 1.78. The van der Waals surface area contributed by atoms with Gasteiger partial charge in [-0.15, -0.1) is 0 Å². The van der Waals surface area contributed by atoms with Gasteiger partial charge in [0, 0.05) is 25.7 Å². The Kier molecular flexibility index (Phi) is 9.63. The van der Waals surface area contributed by atoms with Crippen LogP contribution in [0.25, 0.3) is 0 Å². The molecular formula is C34H36O6. The van der Waals surface area contributed by atoms with Crippen molar-refractivity contribution in [2.75, 3.05) is 0 Å². The van der Waals surface area contributed by atoms with Gasteiger partial charge in [0.2, 0.25) is 0 Å². The van der Waals surface area contributed by atoms with Crippen LogP contribution in [-0.2, 0) is 30.5 Å². The molecule has 6 nitrogen and oxygen atoms in total. The fourth-order valence-corrected chi connectivity index (χ4v) is 5.24. The Morgan fingerprint density at radius 3 is 1.38 bits per heavy atom. The summed E-state index contributed by atoms with van der Waals surface area (Å²) in [6.07, 6.45) is -6.03. The molecule has 4 aromatic rings. The first kappa shape index (κ1) is 29.3. The molecule has 0 amide bonds. The van der Waals surface area contributed by atoms with Crippen LogP contribution >= 0.6 is 0 Å². The Hall–Kier alpha value is -3.65. The Labute approximate surface area is 234 Å². The molecule has 6 heteroatoms. The molecule has 0 aliphatic heterocycles. The summed E-state index contributed by atoms with van der Waals surface area (Å²) in [4.78, 5) is 14.0. The monoisotopic (exact) mass is 540 g/mol. The lowest BCUT2D eigenvalue weighted by atomic mass is 9.66. The minimum absolute atomic E-state index is 0.0265. The highest BCUT2D eigenvalue weighted by atomic mass is 16.4. The maximum absolute atomic E-state index is 14.0. The van der Waals surface area contributed by atoms with Gasteiger partial charge in [0.1, 0.15) is 17.8 Å². The minimum Gasteiger partial charge on any atom is -0.390 e. The molecule has 4 aromatic carbocycles. The van der Waals surface area contributed by atoms with E-state index in [-0.39, 0.29) is 19.3 Å². The number of aliphatic hydroxyl groups is 5. The third kappa shape index (κ3) is 6.73. The predicted octanol–water partition coefficient (Wildman–Crippen LogP) is 3.07. The molecule has 0 bridgehead atoms. The van der Waals surface area contributed by atoms with Crippen molar-refractivity contribution in [3.8, 4) is 0 Å². The molecule has 0 aliphatic carbocycles. The van der Waals surface area contributed by atoms with E-state index in [0.29, 0.717) is 22.3 Å². The molecule has 2 unspecified atom stereocenters. The highest BCUT2D eigenvalue weighted by Gasteiger charge is 2.60. The predicted molar refractivity (Wildman–Crippen MR) is 154 cm³/mol. The van der Waals surface area contributed by atoms with Crippen molar-refractivity contribution >= 4 is 5.78 Å². The Bertz CT molecular complexity index is 1330. The SMILES string of the molecule is O=C(C(O)Cc1ccccc1)[C@](O)(Cc1ccccc1)[C@@](O)(Cc1ccccc1)[C@H](O)C(O)Cc1ccccc1. The van der Waals surface area contributed by atoms with E-state index < -0.39 is 41.7 Å². The van der Waals surface area contributed by atoms with Crippen LogP contribution in [0.4, 0.5) is 0 Å². The van der Waals surface area contributed by atoms with Gasteiger partial charge in [-0.1, -0.05) is 121 Å². The van der Waals surface area contributed by atoms with Crippen molar-refractivity contribution in [2.45, 2.75) is 55.2 Å². The lowest BCUT2D eigenvalue weighted by Crippen LogP contribution is -2.71. The van der Waals surface area contributed by atoms with Crippen LogP contribution in [0.15, 0.2) is 121 Å². The van der Waals surface area contributed by atoms with Crippen LogP contribution in [0.1, 0.15) is 22.3 Å². The summed E-state index contributed by atoms with van der Waals surface area (Å²) in [5.74, 6) is -1.04. The molecule has 0 radical (unpaired) electrons. The van der Waals surface area contributed by atoms with E-state index in [2.05, 4.69) is 0 Å². The standard InChI is InChI=1S/C34H36O6/c35-29(21-25-13-5-1-6-14-25)31(37)33(39,23-27-17-9-3-10-18-27)34(40,24-28-19-11-4-12-20-28)32(38)30(36)22-26-15-7-2-8-16-26/h1-20,29-31,35-37,39-40H,21-24H2/t29?,30?,31-,33-,34-/m1/s1. The van der Waals surface area contributed by atoms with Crippen molar-refractivity contribution in [1.29, 1.82) is 0 Å². The van der Waals surface area contributed by atoms with E-state index in [0.717, 1.165) is 0 Å². The van der Waals surface area contributed by atoms with Gasteiger partial charge >= 0.3 is 0 Å². The lowest BCUT2D eigenvalue weighted by Gasteiger charge is -2.47. The molecule has 0 saturated carbocycles. The molecule has 0 heterocycles. The van der Waals surface area contributed by atoms with E-state index in [4.69, 9.17) is 0 Å². The zero-order valence-corrected chi connectivity index (χ0v) is 22.3. The number of hydrogen-bond donors (Lipinski definition) is 5. The fourth-order valence-electron chi connectivity index (χ4n) is 5.24. The normalized spacial score (nSPS) is 16.7. The Morgan fingerprint density at radius 1 is 0.550 bits per heavy atom. The van der Waals surface area contributed by atoms with Crippen molar-refractivity contribution in [1.82, 2.24) is 0 Å². The molecule has 0 saturated heterocycles. The van der Waals surface area contributed by atoms with E-state index in [9.17, 15) is 30.3 Å². The molecule has 4 rings (SSSR count). The average Bonchev–Trinajstić information content (AvgIpc) is 2.98. The smallest absolute Gasteiger partial charge is 0.196 e. The molecule has 5 N–H and O–H groups in total. The van der Waals surface area contributed by atoms with Crippen molar-refractivity contribution < 1.29 is 30.3 Å². The number of carbonyl (C=O) groups excluding carboxylic acids is 1. The summed E-state index contributed by atoms with van der Waals surface area (Å²) in [7, 11) is 0. The Morgan fingerprint density at radius 2 is 0.925 bits per heavy atom. The summed E-state index contributed by atoms with van der Waals surface area (Å²) in [5, 5.41) is 58.6. The van der Waals surface area contributed by atoms with Crippen LogP contribution < -0.4 is 0 Å². The van der Waals surface area contributed by atoms with Crippen molar-refractivity contribution in [3.63, 3.8) is 0 Å². The zero-order valence-electron chi connectivity index (χ0n) is 22.3. The van der Waals surface area contributed by atoms with Gasteiger partial charge in [0.15, 0.2) is 11.4 Å². The first-order valence-corrected chi connectivity index (χ1v) is 13.4. The first-order chi connectivity index (χ1) is 19.2. The highest BCUT2D eigenvalue weighted by molar-refractivity contribution is 5.93. The van der Waals surface area contributed by atoms with Crippen molar-refractivity contribution in [3.05, 3.63) is 144 Å². The summed E-state index contributed by atoms with van der Waals surface area (Å²) in [5.41, 5.74) is -2.82. The quantitative estimate of drug-likeness (QED) is 0.178. The largest absolute Gasteiger partial charge is 0.390 e. The minimum atomic E-state index is -2.67. The van der Waals surface area contributed by atoms with E-state index in [1.165, 1.54) is 0 Å². The van der Waals surface area contributed by atoms with Gasteiger partial charge in [0.25, 0.3) is 0 Å².